The molecule has 10 heteroatoms. The molecule has 1 amide bonds. The molecule has 3 aromatic rings. The van der Waals surface area contributed by atoms with E-state index in [-0.39, 0.29) is 28.1 Å². The zero-order valence-corrected chi connectivity index (χ0v) is 15.9. The highest BCUT2D eigenvalue weighted by molar-refractivity contribution is 7.15. The molecule has 4 aliphatic rings. The Morgan fingerprint density at radius 1 is 1.25 bits per heavy atom. The van der Waals surface area contributed by atoms with Gasteiger partial charge in [0.25, 0.3) is 11.5 Å². The van der Waals surface area contributed by atoms with Gasteiger partial charge in [0, 0.05) is 23.3 Å². The lowest BCUT2D eigenvalue weighted by atomic mass is 9.50. The van der Waals surface area contributed by atoms with Crippen molar-refractivity contribution < 1.29 is 4.79 Å². The number of tetrazole rings is 1. The predicted octanol–water partition coefficient (Wildman–Crippen LogP) is 1.22. The normalized spacial score (nSPS) is 33.4. The van der Waals surface area contributed by atoms with Gasteiger partial charge in [-0.1, -0.05) is 0 Å². The topological polar surface area (TPSA) is 107 Å². The number of thiazole rings is 1. The highest BCUT2D eigenvalue weighted by atomic mass is 32.1. The molecule has 28 heavy (non-hydrogen) atoms. The van der Waals surface area contributed by atoms with Crippen LogP contribution in [0, 0.1) is 11.8 Å². The van der Waals surface area contributed by atoms with E-state index in [2.05, 4.69) is 25.7 Å². The number of rotatable bonds is 3. The van der Waals surface area contributed by atoms with Crippen molar-refractivity contribution >= 4 is 22.2 Å². The van der Waals surface area contributed by atoms with Crippen LogP contribution in [0.15, 0.2) is 28.9 Å². The minimum absolute atomic E-state index is 0.0968. The quantitative estimate of drug-likeness (QED) is 0.712. The summed E-state index contributed by atoms with van der Waals surface area (Å²) in [4.78, 5) is 32.4. The molecule has 0 saturated heterocycles. The van der Waals surface area contributed by atoms with E-state index < -0.39 is 0 Å². The number of carbonyl (C=O) groups is 1. The maximum Gasteiger partial charge on any atom is 0.271 e. The minimum atomic E-state index is -0.332. The molecule has 7 rings (SSSR count). The van der Waals surface area contributed by atoms with Gasteiger partial charge in [0.15, 0.2) is 11.3 Å². The molecule has 4 aliphatic carbocycles. The summed E-state index contributed by atoms with van der Waals surface area (Å²) in [5.74, 6) is 0.735. The van der Waals surface area contributed by atoms with Crippen molar-refractivity contribution in [3.05, 3.63) is 40.0 Å². The molecule has 1 N–H and O–H groups in total. The molecule has 0 aliphatic heterocycles. The highest BCUT2D eigenvalue weighted by Gasteiger charge is 2.60. The molecule has 0 radical (unpaired) electrons. The monoisotopic (exact) mass is 397 g/mol. The van der Waals surface area contributed by atoms with Crippen LogP contribution in [0.4, 0.5) is 0 Å². The summed E-state index contributed by atoms with van der Waals surface area (Å²) >= 11 is 1.37. The Morgan fingerprint density at radius 2 is 2.07 bits per heavy atom. The molecule has 3 aromatic heterocycles. The average molecular weight is 397 g/mol. The number of amides is 1. The summed E-state index contributed by atoms with van der Waals surface area (Å²) in [7, 11) is 0. The fraction of sp³-hybridized carbons (Fsp3) is 0.556. The number of nitrogens with zero attached hydrogens (tertiary/aromatic N) is 6. The van der Waals surface area contributed by atoms with Crippen LogP contribution in [0.5, 0.6) is 0 Å². The second kappa shape index (κ2) is 5.47. The maximum atomic E-state index is 13.1. The Labute approximate surface area is 163 Å². The molecule has 144 valence electrons. The van der Waals surface area contributed by atoms with Crippen LogP contribution >= 0.6 is 11.3 Å². The van der Waals surface area contributed by atoms with Crippen molar-refractivity contribution in [3.63, 3.8) is 0 Å². The van der Waals surface area contributed by atoms with E-state index in [9.17, 15) is 9.59 Å². The van der Waals surface area contributed by atoms with Crippen LogP contribution in [0.2, 0.25) is 0 Å². The molecule has 0 spiro atoms. The van der Waals surface area contributed by atoms with Crippen LogP contribution in [0.25, 0.3) is 4.96 Å². The maximum absolute atomic E-state index is 13.1. The smallest absolute Gasteiger partial charge is 0.271 e. The lowest BCUT2D eigenvalue weighted by Gasteiger charge is -2.61. The van der Waals surface area contributed by atoms with Crippen LogP contribution in [-0.2, 0) is 5.54 Å². The SMILES string of the molecule is O=C(NC12CC3CC(C1)CC(n1ncnn1)(C3)C2)c1cnc2sccn2c1=O. The third-order valence-corrected chi connectivity index (χ3v) is 7.54. The Balaban J connectivity index is 1.35. The summed E-state index contributed by atoms with van der Waals surface area (Å²) in [6.07, 6.45) is 10.5. The average Bonchev–Trinajstić information content (AvgIpc) is 3.33. The second-order valence-electron chi connectivity index (χ2n) is 8.68. The lowest BCUT2D eigenvalue weighted by molar-refractivity contribution is -0.0810. The van der Waals surface area contributed by atoms with E-state index in [0.717, 1.165) is 32.1 Å². The number of aromatic nitrogens is 6. The fourth-order valence-corrected chi connectivity index (χ4v) is 6.94. The van der Waals surface area contributed by atoms with E-state index in [1.807, 2.05) is 0 Å². The third kappa shape index (κ3) is 2.24. The minimum Gasteiger partial charge on any atom is -0.346 e. The standard InChI is InChI=1S/C18H19N7O2S/c26-14(13-8-19-16-24(15(13)27)1-2-28-16)22-17-4-11-3-12(5-17)7-18(6-11,9-17)25-21-10-20-23-25/h1-2,8,10-12H,3-7,9H2,(H,22,26). The number of carbonyl (C=O) groups excluding carboxylic acids is 1. The first-order valence-electron chi connectivity index (χ1n) is 9.57. The Kier molecular flexibility index (Phi) is 3.19. The molecule has 9 nitrogen and oxygen atoms in total. The molecule has 4 fully saturated rings. The van der Waals surface area contributed by atoms with E-state index in [0.29, 0.717) is 16.8 Å². The van der Waals surface area contributed by atoms with Gasteiger partial charge in [-0.25, -0.2) is 4.98 Å². The third-order valence-electron chi connectivity index (χ3n) is 6.77. The lowest BCUT2D eigenvalue weighted by Crippen LogP contribution is -2.66. The van der Waals surface area contributed by atoms with Crippen molar-refractivity contribution in [2.75, 3.05) is 0 Å². The predicted molar refractivity (Wildman–Crippen MR) is 100 cm³/mol. The van der Waals surface area contributed by atoms with Crippen molar-refractivity contribution in [2.45, 2.75) is 49.6 Å². The number of fused-ring (bicyclic) bond motifs is 1. The molecule has 0 aromatic carbocycles. The molecule has 2 unspecified atom stereocenters. The zero-order chi connectivity index (χ0) is 18.9. The summed E-state index contributed by atoms with van der Waals surface area (Å²) in [5, 5.41) is 17.5. The van der Waals surface area contributed by atoms with Crippen molar-refractivity contribution in [3.8, 4) is 0 Å². The van der Waals surface area contributed by atoms with Gasteiger partial charge in [0.05, 0.1) is 5.54 Å². The van der Waals surface area contributed by atoms with E-state index in [1.165, 1.54) is 34.7 Å². The second-order valence-corrected chi connectivity index (χ2v) is 9.55. The fourth-order valence-electron chi connectivity index (χ4n) is 6.27. The van der Waals surface area contributed by atoms with Crippen molar-refractivity contribution in [2.24, 2.45) is 11.8 Å². The van der Waals surface area contributed by atoms with Crippen LogP contribution in [0.3, 0.4) is 0 Å². The van der Waals surface area contributed by atoms with Crippen LogP contribution < -0.4 is 10.9 Å². The van der Waals surface area contributed by atoms with Crippen LogP contribution in [0.1, 0.15) is 48.9 Å². The molecule has 4 saturated carbocycles. The van der Waals surface area contributed by atoms with Gasteiger partial charge in [0.1, 0.15) is 5.56 Å². The summed E-state index contributed by atoms with van der Waals surface area (Å²) in [5.41, 5.74) is -0.728. The van der Waals surface area contributed by atoms with Gasteiger partial charge < -0.3 is 5.32 Å². The van der Waals surface area contributed by atoms with Gasteiger partial charge in [-0.2, -0.15) is 4.80 Å². The molecule has 2 atom stereocenters. The summed E-state index contributed by atoms with van der Waals surface area (Å²) in [6, 6.07) is 0. The number of hydrogen-bond donors (Lipinski definition) is 1. The first-order chi connectivity index (χ1) is 13.6. The van der Waals surface area contributed by atoms with Crippen molar-refractivity contribution in [1.29, 1.82) is 0 Å². The van der Waals surface area contributed by atoms with Gasteiger partial charge in [-0.15, -0.1) is 21.5 Å². The van der Waals surface area contributed by atoms with E-state index in [1.54, 1.807) is 16.4 Å². The molecule has 3 heterocycles. The van der Waals surface area contributed by atoms with E-state index in [4.69, 9.17) is 0 Å². The van der Waals surface area contributed by atoms with Gasteiger partial charge >= 0.3 is 0 Å². The van der Waals surface area contributed by atoms with Crippen molar-refractivity contribution in [1.82, 2.24) is 34.9 Å². The Hall–Kier alpha value is -2.62. The summed E-state index contributed by atoms with van der Waals surface area (Å²) in [6.45, 7) is 0. The Bertz CT molecular complexity index is 1120. The largest absolute Gasteiger partial charge is 0.346 e. The van der Waals surface area contributed by atoms with E-state index >= 15 is 0 Å². The highest BCUT2D eigenvalue weighted by Crippen LogP contribution is 2.60. The first kappa shape index (κ1) is 16.3. The van der Waals surface area contributed by atoms with Gasteiger partial charge in [-0.3, -0.25) is 14.0 Å². The molecular formula is C18H19N7O2S. The molecule has 4 bridgehead atoms. The number of hydrogen-bond acceptors (Lipinski definition) is 7. The first-order valence-corrected chi connectivity index (χ1v) is 10.4. The zero-order valence-electron chi connectivity index (χ0n) is 15.1. The number of nitrogens with one attached hydrogen (secondary N) is 1. The van der Waals surface area contributed by atoms with Crippen LogP contribution in [-0.4, -0.2) is 41.0 Å². The van der Waals surface area contributed by atoms with Gasteiger partial charge in [-0.05, 0) is 55.6 Å². The van der Waals surface area contributed by atoms with Gasteiger partial charge in [0.2, 0.25) is 0 Å². The summed E-state index contributed by atoms with van der Waals surface area (Å²) < 4.78 is 1.43. The Morgan fingerprint density at radius 3 is 2.82 bits per heavy atom. The molecular weight excluding hydrogens is 378 g/mol.